The van der Waals surface area contributed by atoms with Gasteiger partial charge in [-0.15, -0.1) is 0 Å². The van der Waals surface area contributed by atoms with E-state index in [1.165, 1.54) is 0 Å². The van der Waals surface area contributed by atoms with Crippen molar-refractivity contribution in [2.75, 3.05) is 18.8 Å². The number of amides is 1. The maximum absolute atomic E-state index is 12.3. The number of nitrogens with zero attached hydrogens (tertiary/aromatic N) is 1. The molecule has 0 saturated carbocycles. The SMILES string of the molecule is CC1(C)CCN(C(=O)c2cc(N)cc(Cl)c2)CC1. The lowest BCUT2D eigenvalue weighted by Gasteiger charge is -2.37. The molecule has 18 heavy (non-hydrogen) atoms. The molecule has 1 fully saturated rings. The minimum atomic E-state index is 0.0275. The highest BCUT2D eigenvalue weighted by atomic mass is 35.5. The van der Waals surface area contributed by atoms with Crippen LogP contribution in [0.5, 0.6) is 0 Å². The molecule has 1 amide bonds. The van der Waals surface area contributed by atoms with E-state index in [-0.39, 0.29) is 5.91 Å². The number of benzene rings is 1. The fraction of sp³-hybridized carbons (Fsp3) is 0.500. The quantitative estimate of drug-likeness (QED) is 0.794. The molecule has 3 nitrogen and oxygen atoms in total. The van der Waals surface area contributed by atoms with E-state index >= 15 is 0 Å². The molecule has 1 heterocycles. The zero-order valence-corrected chi connectivity index (χ0v) is 11.6. The van der Waals surface area contributed by atoms with Crippen molar-refractivity contribution in [3.63, 3.8) is 0 Å². The van der Waals surface area contributed by atoms with Crippen LogP contribution in [-0.2, 0) is 0 Å². The number of carbonyl (C=O) groups excluding carboxylic acids is 1. The third-order valence-corrected chi connectivity index (χ3v) is 3.79. The van der Waals surface area contributed by atoms with Crippen molar-refractivity contribution >= 4 is 23.2 Å². The highest BCUT2D eigenvalue weighted by Gasteiger charge is 2.28. The van der Waals surface area contributed by atoms with E-state index in [2.05, 4.69) is 13.8 Å². The first-order valence-electron chi connectivity index (χ1n) is 6.23. The van der Waals surface area contributed by atoms with Gasteiger partial charge in [0, 0.05) is 29.4 Å². The second kappa shape index (κ2) is 4.81. The fourth-order valence-corrected chi connectivity index (χ4v) is 2.48. The first kappa shape index (κ1) is 13.2. The normalized spacial score (nSPS) is 18.7. The molecule has 0 bridgehead atoms. The molecule has 0 unspecified atom stereocenters. The zero-order chi connectivity index (χ0) is 13.3. The van der Waals surface area contributed by atoms with E-state index in [9.17, 15) is 4.79 Å². The first-order valence-corrected chi connectivity index (χ1v) is 6.60. The number of anilines is 1. The Morgan fingerprint density at radius 3 is 2.44 bits per heavy atom. The lowest BCUT2D eigenvalue weighted by Crippen LogP contribution is -2.41. The number of hydrogen-bond donors (Lipinski definition) is 1. The van der Waals surface area contributed by atoms with Crippen LogP contribution in [-0.4, -0.2) is 23.9 Å². The highest BCUT2D eigenvalue weighted by Crippen LogP contribution is 2.30. The van der Waals surface area contributed by atoms with Crippen LogP contribution in [0.25, 0.3) is 0 Å². The second-order valence-corrected chi connectivity index (χ2v) is 6.17. The molecule has 0 radical (unpaired) electrons. The third-order valence-electron chi connectivity index (χ3n) is 3.57. The minimum absolute atomic E-state index is 0.0275. The van der Waals surface area contributed by atoms with Crippen LogP contribution in [0.3, 0.4) is 0 Å². The van der Waals surface area contributed by atoms with Crippen molar-refractivity contribution in [2.45, 2.75) is 26.7 Å². The summed E-state index contributed by atoms with van der Waals surface area (Å²) in [7, 11) is 0. The molecule has 1 aromatic carbocycles. The summed E-state index contributed by atoms with van der Waals surface area (Å²) in [4.78, 5) is 14.2. The Balaban J connectivity index is 2.12. The average Bonchev–Trinajstić information content (AvgIpc) is 2.27. The molecule has 98 valence electrons. The molecule has 4 heteroatoms. The van der Waals surface area contributed by atoms with Gasteiger partial charge in [0.25, 0.3) is 5.91 Å². The predicted molar refractivity (Wildman–Crippen MR) is 74.8 cm³/mol. The smallest absolute Gasteiger partial charge is 0.253 e. The number of rotatable bonds is 1. The van der Waals surface area contributed by atoms with Crippen LogP contribution in [0.2, 0.25) is 5.02 Å². The summed E-state index contributed by atoms with van der Waals surface area (Å²) in [6.07, 6.45) is 2.07. The van der Waals surface area contributed by atoms with Crippen LogP contribution >= 0.6 is 11.6 Å². The summed E-state index contributed by atoms with van der Waals surface area (Å²) in [5.74, 6) is 0.0275. The molecular weight excluding hydrogens is 248 g/mol. The molecule has 1 aliphatic heterocycles. The van der Waals surface area contributed by atoms with Gasteiger partial charge in [-0.3, -0.25) is 4.79 Å². The number of piperidine rings is 1. The lowest BCUT2D eigenvalue weighted by molar-refractivity contribution is 0.0630. The van der Waals surface area contributed by atoms with Gasteiger partial charge in [0.15, 0.2) is 0 Å². The van der Waals surface area contributed by atoms with Crippen molar-refractivity contribution in [3.8, 4) is 0 Å². The summed E-state index contributed by atoms with van der Waals surface area (Å²) in [5, 5.41) is 0.510. The predicted octanol–water partition coefficient (Wildman–Crippen LogP) is 3.18. The summed E-state index contributed by atoms with van der Waals surface area (Å²) < 4.78 is 0. The molecule has 1 aliphatic rings. The number of nitrogen functional groups attached to an aromatic ring is 1. The third kappa shape index (κ3) is 2.96. The molecule has 0 aromatic heterocycles. The Morgan fingerprint density at radius 1 is 1.28 bits per heavy atom. The molecule has 1 aromatic rings. The molecule has 2 N–H and O–H groups in total. The van der Waals surface area contributed by atoms with Crippen LogP contribution in [0.1, 0.15) is 37.0 Å². The van der Waals surface area contributed by atoms with E-state index in [0.29, 0.717) is 21.7 Å². The van der Waals surface area contributed by atoms with Crippen LogP contribution in [0.15, 0.2) is 18.2 Å². The van der Waals surface area contributed by atoms with E-state index in [4.69, 9.17) is 17.3 Å². The van der Waals surface area contributed by atoms with E-state index in [1.54, 1.807) is 18.2 Å². The van der Waals surface area contributed by atoms with E-state index in [1.807, 2.05) is 4.90 Å². The summed E-state index contributed by atoms with van der Waals surface area (Å²) >= 11 is 5.93. The van der Waals surface area contributed by atoms with Gasteiger partial charge in [-0.05, 0) is 36.5 Å². The zero-order valence-electron chi connectivity index (χ0n) is 10.9. The lowest BCUT2D eigenvalue weighted by atomic mass is 9.82. The van der Waals surface area contributed by atoms with Gasteiger partial charge < -0.3 is 10.6 Å². The average molecular weight is 267 g/mol. The van der Waals surface area contributed by atoms with Gasteiger partial charge in [0.1, 0.15) is 0 Å². The number of carbonyl (C=O) groups is 1. The molecule has 0 atom stereocenters. The van der Waals surface area contributed by atoms with Gasteiger partial charge in [-0.2, -0.15) is 0 Å². The van der Waals surface area contributed by atoms with Crippen molar-refractivity contribution in [1.82, 2.24) is 4.90 Å². The Morgan fingerprint density at radius 2 is 1.89 bits per heavy atom. The Bertz CT molecular complexity index is 441. The molecule has 2 rings (SSSR count). The fourth-order valence-electron chi connectivity index (χ4n) is 2.23. The first-order chi connectivity index (χ1) is 8.37. The van der Waals surface area contributed by atoms with E-state index < -0.39 is 0 Å². The minimum Gasteiger partial charge on any atom is -0.399 e. The van der Waals surface area contributed by atoms with Crippen LogP contribution in [0.4, 0.5) is 5.69 Å². The van der Waals surface area contributed by atoms with E-state index in [0.717, 1.165) is 25.9 Å². The number of hydrogen-bond acceptors (Lipinski definition) is 2. The monoisotopic (exact) mass is 266 g/mol. The Hall–Kier alpha value is -1.22. The maximum Gasteiger partial charge on any atom is 0.253 e. The van der Waals surface area contributed by atoms with Gasteiger partial charge in [-0.1, -0.05) is 25.4 Å². The van der Waals surface area contributed by atoms with Gasteiger partial charge in [0.2, 0.25) is 0 Å². The van der Waals surface area contributed by atoms with Crippen molar-refractivity contribution in [3.05, 3.63) is 28.8 Å². The number of nitrogens with two attached hydrogens (primary N) is 1. The Kier molecular flexibility index (Phi) is 3.53. The number of halogens is 1. The highest BCUT2D eigenvalue weighted by molar-refractivity contribution is 6.31. The molecule has 0 spiro atoms. The van der Waals surface area contributed by atoms with Gasteiger partial charge in [0.05, 0.1) is 0 Å². The van der Waals surface area contributed by atoms with Crippen molar-refractivity contribution in [2.24, 2.45) is 5.41 Å². The standard InChI is InChI=1S/C14H19ClN2O/c1-14(2)3-5-17(6-4-14)13(18)10-7-11(15)9-12(16)8-10/h7-9H,3-6,16H2,1-2H3. The molecule has 0 aliphatic carbocycles. The van der Waals surface area contributed by atoms with Crippen LogP contribution < -0.4 is 5.73 Å². The van der Waals surface area contributed by atoms with Crippen LogP contribution in [0, 0.1) is 5.41 Å². The summed E-state index contributed by atoms with van der Waals surface area (Å²) in [6.45, 7) is 6.09. The molecular formula is C14H19ClN2O. The topological polar surface area (TPSA) is 46.3 Å². The Labute approximate surface area is 113 Å². The largest absolute Gasteiger partial charge is 0.399 e. The van der Waals surface area contributed by atoms with Gasteiger partial charge >= 0.3 is 0 Å². The number of likely N-dealkylation sites (tertiary alicyclic amines) is 1. The van der Waals surface area contributed by atoms with Crippen molar-refractivity contribution in [1.29, 1.82) is 0 Å². The summed E-state index contributed by atoms with van der Waals surface area (Å²) in [5.41, 5.74) is 7.17. The molecule has 1 saturated heterocycles. The van der Waals surface area contributed by atoms with Crippen molar-refractivity contribution < 1.29 is 4.79 Å². The van der Waals surface area contributed by atoms with Gasteiger partial charge in [-0.25, -0.2) is 0 Å². The maximum atomic E-state index is 12.3. The summed E-state index contributed by atoms with van der Waals surface area (Å²) in [6, 6.07) is 5.02. The second-order valence-electron chi connectivity index (χ2n) is 5.73.